The Bertz CT molecular complexity index is 7290. The smallest absolute Gasteiger partial charge is 0.265 e. The van der Waals surface area contributed by atoms with Crippen molar-refractivity contribution >= 4 is 256 Å². The molecule has 143 heavy (non-hydrogen) atoms. The lowest BCUT2D eigenvalue weighted by atomic mass is 10.0. The molecule has 0 radical (unpaired) electrons. The fraction of sp³-hybridized carbons (Fsp3) is 0.0952. The number of para-hydroxylation sites is 2. The van der Waals surface area contributed by atoms with Gasteiger partial charge in [0.05, 0.1) is 83.8 Å². The number of carbonyl (C=O) groups excluding carboxylic acids is 5. The van der Waals surface area contributed by atoms with Crippen LogP contribution in [0.5, 0.6) is 11.5 Å². The number of likely N-dealkylation sites (N-methyl/N-ethyl adjacent to an activating group) is 5. The van der Waals surface area contributed by atoms with Crippen LogP contribution in [0.1, 0.15) is 45.9 Å². The zero-order chi connectivity index (χ0) is 101. The molecule has 5 aliphatic heterocycles. The van der Waals surface area contributed by atoms with Crippen molar-refractivity contribution in [3.05, 3.63) is 368 Å². The van der Waals surface area contributed by atoms with Crippen molar-refractivity contribution in [1.29, 1.82) is 0 Å². The number of aryl methyl sites for hydroxylation is 2. The van der Waals surface area contributed by atoms with Crippen molar-refractivity contribution in [2.45, 2.75) is 20.8 Å². The lowest BCUT2D eigenvalue weighted by Gasteiger charge is -2.08. The highest BCUT2D eigenvalue weighted by Crippen LogP contribution is 2.43. The maximum absolute atomic E-state index is 13.3. The second-order valence-corrected chi connectivity index (χ2v) is 42.9. The van der Waals surface area contributed by atoms with Crippen molar-refractivity contribution in [2.75, 3.05) is 49.0 Å². The lowest BCUT2D eigenvalue weighted by Crippen LogP contribution is -2.22. The first kappa shape index (κ1) is 103. The first-order chi connectivity index (χ1) is 68.7. The summed E-state index contributed by atoms with van der Waals surface area (Å²) in [6.07, 6.45) is 18.6. The Hall–Kier alpha value is -12.5. The van der Waals surface area contributed by atoms with Gasteiger partial charge in [0.1, 0.15) is 56.1 Å². The summed E-state index contributed by atoms with van der Waals surface area (Å²) in [4.78, 5) is 72.4. The summed E-state index contributed by atoms with van der Waals surface area (Å²) in [6, 6.07) is 74.2. The number of nitrogens with zero attached hydrogens (tertiary/aromatic N) is 15. The van der Waals surface area contributed by atoms with Gasteiger partial charge in [-0.25, -0.2) is 32.2 Å². The molecule has 0 unspecified atom stereocenters. The largest absolute Gasteiger partial charge is 0.496 e. The molecule has 5 aliphatic rings. The Labute approximate surface area is 897 Å². The van der Waals surface area contributed by atoms with Gasteiger partial charge in [0.25, 0.3) is 29.5 Å². The summed E-state index contributed by atoms with van der Waals surface area (Å²) in [7, 11) is 10.0. The maximum atomic E-state index is 13.3. The third kappa shape index (κ3) is 24.3. The van der Waals surface area contributed by atoms with E-state index in [0.29, 0.717) is 85.3 Å². The minimum atomic E-state index is -0.352. The number of benzene rings is 10. The molecule has 0 bridgehead atoms. The van der Waals surface area contributed by atoms with E-state index < -0.39 is 0 Å². The fourth-order valence-electron chi connectivity index (χ4n) is 14.6. The molecule has 5 aromatic heterocycles. The summed E-state index contributed by atoms with van der Waals surface area (Å²) >= 11 is 51.5. The number of thiocarbonyl (C=S) groups is 5. The van der Waals surface area contributed by atoms with Crippen LogP contribution in [0.2, 0.25) is 10.0 Å². The normalized spacial score (nSPS) is 15.5. The predicted octanol–water partition coefficient (Wildman–Crippen LogP) is 26.0. The minimum Gasteiger partial charge on any atom is -0.496 e. The number of halogens is 6. The van der Waals surface area contributed by atoms with Gasteiger partial charge in [0, 0.05) is 141 Å². The van der Waals surface area contributed by atoms with Crippen LogP contribution in [0.25, 0.3) is 115 Å². The van der Waals surface area contributed by atoms with E-state index in [4.69, 9.17) is 114 Å². The van der Waals surface area contributed by atoms with Gasteiger partial charge in [0.15, 0.2) is 0 Å². The highest BCUT2D eigenvalue weighted by Gasteiger charge is 2.35. The van der Waals surface area contributed by atoms with E-state index in [1.807, 2.05) is 278 Å². The van der Waals surface area contributed by atoms with Crippen LogP contribution in [0.3, 0.4) is 0 Å². The van der Waals surface area contributed by atoms with Gasteiger partial charge in [-0.2, -0.15) is 25.5 Å². The predicted molar refractivity (Wildman–Crippen MR) is 602 cm³/mol. The summed E-state index contributed by atoms with van der Waals surface area (Å²) in [5.41, 5.74) is 18.7. The zero-order valence-corrected chi connectivity index (χ0v) is 89.8. The molecule has 0 spiro atoms. The molecule has 5 amide bonds. The average Bonchev–Trinajstić information content (AvgIpc) is 1.65. The molecule has 22 nitrogen and oxygen atoms in total. The van der Waals surface area contributed by atoms with E-state index >= 15 is 0 Å². The highest BCUT2D eigenvalue weighted by molar-refractivity contribution is 9.10. The fourth-order valence-corrected chi connectivity index (χ4v) is 21.2. The quantitative estimate of drug-likeness (QED) is 0.0577. The molecule has 0 atom stereocenters. The molecule has 718 valence electrons. The summed E-state index contributed by atoms with van der Waals surface area (Å²) in [6.45, 7) is 6.62. The molecular formula is C105H79Br2Cl2F2N15O7S10. The molecule has 0 saturated carbocycles. The van der Waals surface area contributed by atoms with E-state index in [2.05, 4.69) is 37.0 Å². The Kier molecular flexibility index (Phi) is 33.3. The molecule has 38 heteroatoms. The van der Waals surface area contributed by atoms with Crippen molar-refractivity contribution in [2.24, 2.45) is 0 Å². The van der Waals surface area contributed by atoms with Crippen molar-refractivity contribution in [3.8, 4) is 96.2 Å². The number of thioether (sulfide) groups is 5. The maximum Gasteiger partial charge on any atom is 0.265 e. The Morgan fingerprint density at radius 2 is 0.615 bits per heavy atom. The van der Waals surface area contributed by atoms with E-state index in [1.165, 1.54) is 108 Å². The molecule has 5 fully saturated rings. The van der Waals surface area contributed by atoms with Crippen molar-refractivity contribution in [3.63, 3.8) is 0 Å². The summed E-state index contributed by atoms with van der Waals surface area (Å²) in [5, 5.41) is 25.1. The number of hydrogen-bond acceptors (Lipinski definition) is 22. The van der Waals surface area contributed by atoms with Crippen LogP contribution < -0.4 is 9.47 Å². The molecule has 10 heterocycles. The monoisotopic (exact) mass is 2250 g/mol. The van der Waals surface area contributed by atoms with E-state index in [0.717, 1.165) is 122 Å². The highest BCUT2D eigenvalue weighted by atomic mass is 79.9. The van der Waals surface area contributed by atoms with Crippen LogP contribution in [0.4, 0.5) is 8.78 Å². The van der Waals surface area contributed by atoms with Gasteiger partial charge in [0.2, 0.25) is 0 Å². The van der Waals surface area contributed by atoms with Gasteiger partial charge < -0.3 is 9.47 Å². The topological polar surface area (TPSA) is 209 Å². The Morgan fingerprint density at radius 3 is 0.930 bits per heavy atom. The number of hydrogen-bond donors (Lipinski definition) is 0. The molecule has 20 rings (SSSR count). The number of amides is 5. The van der Waals surface area contributed by atoms with Gasteiger partial charge >= 0.3 is 0 Å². The Balaban J connectivity index is 0.000000128. The van der Waals surface area contributed by atoms with E-state index in [-0.39, 0.29) is 41.2 Å². The zero-order valence-electron chi connectivity index (χ0n) is 77.0. The number of carbonyl (C=O) groups is 5. The van der Waals surface area contributed by atoms with E-state index in [9.17, 15) is 32.8 Å². The van der Waals surface area contributed by atoms with Crippen LogP contribution in [0, 0.1) is 25.5 Å². The average molecular weight is 2250 g/mol. The number of ether oxygens (including phenoxy) is 2. The molecule has 0 aliphatic carbocycles. The second-order valence-electron chi connectivity index (χ2n) is 31.8. The molecule has 15 aromatic rings. The Morgan fingerprint density at radius 1 is 0.343 bits per heavy atom. The van der Waals surface area contributed by atoms with Crippen LogP contribution >= 0.6 is 175 Å². The van der Waals surface area contributed by atoms with Gasteiger partial charge in [-0.05, 0) is 244 Å². The van der Waals surface area contributed by atoms with Crippen LogP contribution in [-0.2, 0) is 24.0 Å². The number of rotatable bonds is 18. The van der Waals surface area contributed by atoms with E-state index in [1.54, 1.807) is 88.3 Å². The summed E-state index contributed by atoms with van der Waals surface area (Å²) < 4.78 is 51.1. The van der Waals surface area contributed by atoms with Crippen molar-refractivity contribution < 1.29 is 42.2 Å². The van der Waals surface area contributed by atoms with Crippen LogP contribution in [0.15, 0.2) is 307 Å². The molecule has 5 saturated heterocycles. The SMILES string of the molecule is CCOc1ccc(-c2nn(-c3ccccc3)cc2/C=C2\SC(=S)N(C)C2=O)c(C)c1.CN1C(=O)/C(=C/c2cn(-c3ccc(Br)cc3)nc2-c2ccc(Br)cc2)SC1=S.CN1C(=O)/C(=C/c2cn(-c3ccc(Cl)cc3)nc2-c2ccc(Cl)cc2)SC1=S.CN1C(=O)/C(=C/c2cn(-c3ccc(F)cc3)nc2-c2ccc(F)cc2)SC1=S.COc1ccc(-c2nn(-c3ccccc3)cc2/C=C2\SC(=S)N(C)C2=O)cc1C. The van der Waals surface area contributed by atoms with Gasteiger partial charge in [-0.3, -0.25) is 48.5 Å². The third-order valence-electron chi connectivity index (χ3n) is 22.2. The second kappa shape index (κ2) is 46.0. The standard InChI is InChI=1S/C23H21N3O2S2.C22H19N3O2S2.C20H13Br2N3OS2.C20H13Cl2N3OS2.C20H13F2N3OS2/c1-4-28-18-10-11-19(15(2)12-18)21-16(13-20-22(27)25(3)23(29)30-20)14-26(24-21)17-8-6-5-7-9-17;1-14-11-15(9-10-18(14)27-3)20-16(12-19-21(26)24(2)22(28)29-19)13-25(23-20)17-7-5-4-6-8-17;3*1-24-19(26)17(28-20(24)27)10-13-11-25(16-8-6-15(22)7-9-16)23-18(13)12-2-4-14(21)5-3-12/h5-14H,4H2,1-3H3;4-13H,1-3H3;3*2-11H,1H3/b20-13-;19-12-;3*17-10-. The van der Waals surface area contributed by atoms with Gasteiger partial charge in [-0.15, -0.1) is 0 Å². The summed E-state index contributed by atoms with van der Waals surface area (Å²) in [5.74, 6) is 0.381. The molecular weight excluding hydrogens is 2170 g/mol. The number of aromatic nitrogens is 10. The lowest BCUT2D eigenvalue weighted by molar-refractivity contribution is -0.122. The number of methoxy groups -OCH3 is 1. The van der Waals surface area contributed by atoms with Crippen LogP contribution in [-0.4, -0.2) is 173 Å². The first-order valence-corrected chi connectivity index (χ1v) is 51.8. The molecule has 0 N–H and O–H groups in total. The molecule has 10 aromatic carbocycles. The van der Waals surface area contributed by atoms with Crippen molar-refractivity contribution in [1.82, 2.24) is 73.4 Å². The third-order valence-corrected chi connectivity index (χ3v) is 31.2. The minimum absolute atomic E-state index is 0.0897. The van der Waals surface area contributed by atoms with Gasteiger partial charge in [-0.1, -0.05) is 236 Å². The first-order valence-electron chi connectivity index (χ1n) is 43.3.